The number of anilines is 2. The molecule has 0 saturated carbocycles. The van der Waals surface area contributed by atoms with Crippen LogP contribution in [0, 0.1) is 11.7 Å². The fraction of sp³-hybridized carbons (Fsp3) is 0.533. The molecule has 0 atom stereocenters. The predicted molar refractivity (Wildman–Crippen MR) is 85.3 cm³/mol. The number of hydrogen-bond acceptors (Lipinski definition) is 5. The molecule has 0 unspecified atom stereocenters. The zero-order valence-corrected chi connectivity index (χ0v) is 13.0. The van der Waals surface area contributed by atoms with Crippen LogP contribution in [0.25, 0.3) is 0 Å². The molecule has 2 rings (SSSR count). The van der Waals surface area contributed by atoms with E-state index in [0.29, 0.717) is 18.2 Å². The van der Waals surface area contributed by atoms with Gasteiger partial charge in [0.15, 0.2) is 0 Å². The summed E-state index contributed by atoms with van der Waals surface area (Å²) in [7, 11) is 0. The number of carbonyl (C=O) groups excluding carboxylic acids is 1. The van der Waals surface area contributed by atoms with Crippen LogP contribution < -0.4 is 11.1 Å². The van der Waals surface area contributed by atoms with Crippen LogP contribution in [-0.2, 0) is 4.74 Å². The lowest BCUT2D eigenvalue weighted by Crippen LogP contribution is -2.20. The highest BCUT2D eigenvalue weighted by Gasteiger charge is 2.17. The van der Waals surface area contributed by atoms with Gasteiger partial charge in [0, 0.05) is 12.2 Å². The van der Waals surface area contributed by atoms with Gasteiger partial charge in [-0.25, -0.2) is 9.18 Å². The predicted octanol–water partition coefficient (Wildman–Crippen LogP) is 3.14. The smallest absolute Gasteiger partial charge is 0.340 e. The van der Waals surface area contributed by atoms with E-state index < -0.39 is 11.8 Å². The Morgan fingerprint density at radius 3 is 2.86 bits per heavy atom. The molecule has 0 bridgehead atoms. The molecule has 1 aromatic rings. The molecule has 3 N–H and O–H groups in total. The van der Waals surface area contributed by atoms with E-state index >= 15 is 0 Å². The number of ether oxygens (including phenoxy) is 1. The lowest BCUT2D eigenvalue weighted by molar-refractivity contribution is 0.0527. The molecule has 116 valence electrons. The standard InChI is InChI=1S/C15H21FN2O2S/c1-2-20-15(19)11-7-14(12(16)8-13(11)17)18-9-10-3-5-21-6-4-10/h7-8,10,18H,2-6,9,17H2,1H3. The average molecular weight is 312 g/mol. The molecule has 6 heteroatoms. The number of nitrogens with one attached hydrogen (secondary N) is 1. The van der Waals surface area contributed by atoms with Gasteiger partial charge in [0.05, 0.1) is 17.9 Å². The Hall–Kier alpha value is -1.43. The van der Waals surface area contributed by atoms with Crippen molar-refractivity contribution < 1.29 is 13.9 Å². The number of nitrogens with two attached hydrogens (primary N) is 1. The van der Waals surface area contributed by atoms with Crippen LogP contribution in [0.5, 0.6) is 0 Å². The molecule has 21 heavy (non-hydrogen) atoms. The highest BCUT2D eigenvalue weighted by molar-refractivity contribution is 7.99. The number of rotatable bonds is 5. The summed E-state index contributed by atoms with van der Waals surface area (Å²) >= 11 is 1.96. The fourth-order valence-electron chi connectivity index (χ4n) is 2.31. The van der Waals surface area contributed by atoms with Gasteiger partial charge in [-0.2, -0.15) is 11.8 Å². The SMILES string of the molecule is CCOC(=O)c1cc(NCC2CCSCC2)c(F)cc1N. The summed E-state index contributed by atoms with van der Waals surface area (Å²) in [5.74, 6) is 1.90. The van der Waals surface area contributed by atoms with Gasteiger partial charge in [-0.15, -0.1) is 0 Å². The summed E-state index contributed by atoms with van der Waals surface area (Å²) in [5, 5.41) is 3.10. The van der Waals surface area contributed by atoms with Crippen molar-refractivity contribution in [2.45, 2.75) is 19.8 Å². The van der Waals surface area contributed by atoms with E-state index in [2.05, 4.69) is 5.32 Å². The second-order valence-corrected chi connectivity index (χ2v) is 6.30. The van der Waals surface area contributed by atoms with Crippen LogP contribution in [0.4, 0.5) is 15.8 Å². The monoisotopic (exact) mass is 312 g/mol. The summed E-state index contributed by atoms with van der Waals surface area (Å²) in [6.07, 6.45) is 2.28. The molecule has 0 aliphatic carbocycles. The van der Waals surface area contributed by atoms with Crippen LogP contribution in [0.1, 0.15) is 30.1 Å². The first-order valence-electron chi connectivity index (χ1n) is 7.19. The minimum Gasteiger partial charge on any atom is -0.462 e. The first-order valence-corrected chi connectivity index (χ1v) is 8.35. The Kier molecular flexibility index (Phi) is 5.73. The molecule has 1 fully saturated rings. The molecule has 4 nitrogen and oxygen atoms in total. The first kappa shape index (κ1) is 15.9. The van der Waals surface area contributed by atoms with Gasteiger partial charge in [0.25, 0.3) is 0 Å². The molecule has 0 aromatic heterocycles. The topological polar surface area (TPSA) is 64.3 Å². The number of carbonyl (C=O) groups is 1. The van der Waals surface area contributed by atoms with Crippen molar-refractivity contribution in [2.24, 2.45) is 5.92 Å². The third-order valence-corrected chi connectivity index (χ3v) is 4.61. The van der Waals surface area contributed by atoms with E-state index in [-0.39, 0.29) is 17.9 Å². The zero-order valence-electron chi connectivity index (χ0n) is 12.2. The molecule has 1 aliphatic rings. The molecule has 0 amide bonds. The zero-order chi connectivity index (χ0) is 15.2. The number of halogens is 1. The Morgan fingerprint density at radius 1 is 1.48 bits per heavy atom. The normalized spacial score (nSPS) is 15.7. The van der Waals surface area contributed by atoms with Crippen LogP contribution >= 0.6 is 11.8 Å². The van der Waals surface area contributed by atoms with Crippen LogP contribution in [0.3, 0.4) is 0 Å². The summed E-state index contributed by atoms with van der Waals surface area (Å²) < 4.78 is 18.9. The number of benzene rings is 1. The Labute approximate surface area is 128 Å². The number of thioether (sulfide) groups is 1. The highest BCUT2D eigenvalue weighted by Crippen LogP contribution is 2.26. The van der Waals surface area contributed by atoms with Crippen molar-refractivity contribution in [3.05, 3.63) is 23.5 Å². The van der Waals surface area contributed by atoms with Gasteiger partial charge in [-0.1, -0.05) is 0 Å². The van der Waals surface area contributed by atoms with Gasteiger partial charge >= 0.3 is 5.97 Å². The maximum absolute atomic E-state index is 13.9. The van der Waals surface area contributed by atoms with Crippen molar-refractivity contribution in [1.82, 2.24) is 0 Å². The Morgan fingerprint density at radius 2 is 2.19 bits per heavy atom. The van der Waals surface area contributed by atoms with E-state index in [1.54, 1.807) is 6.92 Å². The van der Waals surface area contributed by atoms with Crippen LogP contribution in [0.2, 0.25) is 0 Å². The van der Waals surface area contributed by atoms with E-state index in [1.807, 2.05) is 11.8 Å². The van der Waals surface area contributed by atoms with Gasteiger partial charge < -0.3 is 15.8 Å². The average Bonchev–Trinajstić information content (AvgIpc) is 2.47. The molecular weight excluding hydrogens is 291 g/mol. The van der Waals surface area contributed by atoms with Gasteiger partial charge in [-0.05, 0) is 49.3 Å². The maximum atomic E-state index is 13.9. The van der Waals surface area contributed by atoms with E-state index in [4.69, 9.17) is 10.5 Å². The number of nitrogen functional groups attached to an aromatic ring is 1. The third kappa shape index (κ3) is 4.27. The van der Waals surface area contributed by atoms with Crippen LogP contribution in [0.15, 0.2) is 12.1 Å². The largest absolute Gasteiger partial charge is 0.462 e. The van der Waals surface area contributed by atoms with Crippen molar-refractivity contribution in [1.29, 1.82) is 0 Å². The highest BCUT2D eigenvalue weighted by atomic mass is 32.2. The van der Waals surface area contributed by atoms with Gasteiger partial charge in [-0.3, -0.25) is 0 Å². The molecule has 1 heterocycles. The van der Waals surface area contributed by atoms with E-state index in [9.17, 15) is 9.18 Å². The van der Waals surface area contributed by atoms with Crippen LogP contribution in [-0.4, -0.2) is 30.6 Å². The second-order valence-electron chi connectivity index (χ2n) is 5.08. The molecule has 1 aliphatic heterocycles. The lowest BCUT2D eigenvalue weighted by Gasteiger charge is -2.22. The van der Waals surface area contributed by atoms with Crippen molar-refractivity contribution in [3.63, 3.8) is 0 Å². The van der Waals surface area contributed by atoms with Crippen molar-refractivity contribution >= 4 is 29.1 Å². The lowest BCUT2D eigenvalue weighted by atomic mass is 10.0. The summed E-state index contributed by atoms with van der Waals surface area (Å²) in [5.41, 5.74) is 6.31. The molecular formula is C15H21FN2O2S. The summed E-state index contributed by atoms with van der Waals surface area (Å²) in [6.45, 7) is 2.69. The van der Waals surface area contributed by atoms with Crippen molar-refractivity contribution in [2.75, 3.05) is 35.7 Å². The van der Waals surface area contributed by atoms with Gasteiger partial charge in [0.1, 0.15) is 5.82 Å². The summed E-state index contributed by atoms with van der Waals surface area (Å²) in [4.78, 5) is 11.8. The molecule has 0 spiro atoms. The number of esters is 1. The quantitative estimate of drug-likeness (QED) is 0.646. The second kappa shape index (κ2) is 7.54. The maximum Gasteiger partial charge on any atom is 0.340 e. The minimum atomic E-state index is -0.521. The molecule has 1 aromatic carbocycles. The third-order valence-electron chi connectivity index (χ3n) is 3.56. The fourth-order valence-corrected chi connectivity index (χ4v) is 3.52. The van der Waals surface area contributed by atoms with Gasteiger partial charge in [0.2, 0.25) is 0 Å². The first-order chi connectivity index (χ1) is 10.1. The van der Waals surface area contributed by atoms with E-state index in [1.165, 1.54) is 12.1 Å². The molecule has 0 radical (unpaired) electrons. The summed E-state index contributed by atoms with van der Waals surface area (Å²) in [6, 6.07) is 2.62. The number of hydrogen-bond donors (Lipinski definition) is 2. The van der Waals surface area contributed by atoms with E-state index in [0.717, 1.165) is 24.3 Å². The Bertz CT molecular complexity index is 505. The minimum absolute atomic E-state index is 0.102. The van der Waals surface area contributed by atoms with Crippen molar-refractivity contribution in [3.8, 4) is 0 Å². The molecule has 1 saturated heterocycles. The Balaban J connectivity index is 2.07.